The standard InChI is InChI=1S/C19H25N3O2/c1-14(2)13-22-19(23)16-9-11-21-18(12-16)20-10-8-15-4-6-17(24-3)7-5-15/h4-7,9,11-12,14H,8,10,13H2,1-3H3,(H,20,21)(H,22,23). The minimum absolute atomic E-state index is 0.0655. The van der Waals surface area contributed by atoms with Crippen molar-refractivity contribution in [2.45, 2.75) is 20.3 Å². The summed E-state index contributed by atoms with van der Waals surface area (Å²) < 4.78 is 5.15. The SMILES string of the molecule is COc1ccc(CCNc2cc(C(=O)NCC(C)C)ccn2)cc1. The number of aromatic nitrogens is 1. The first kappa shape index (κ1) is 17.8. The molecule has 1 amide bonds. The molecule has 0 aliphatic heterocycles. The van der Waals surface area contributed by atoms with Crippen LogP contribution >= 0.6 is 0 Å². The van der Waals surface area contributed by atoms with Crippen LogP contribution in [0, 0.1) is 5.92 Å². The van der Waals surface area contributed by atoms with E-state index >= 15 is 0 Å². The average molecular weight is 327 g/mol. The molecule has 0 aliphatic rings. The van der Waals surface area contributed by atoms with Gasteiger partial charge in [0.2, 0.25) is 0 Å². The Labute approximate surface area is 143 Å². The van der Waals surface area contributed by atoms with Gasteiger partial charge in [-0.2, -0.15) is 0 Å². The van der Waals surface area contributed by atoms with Gasteiger partial charge in [-0.15, -0.1) is 0 Å². The molecule has 2 rings (SSSR count). The largest absolute Gasteiger partial charge is 0.497 e. The number of amides is 1. The van der Waals surface area contributed by atoms with Gasteiger partial charge < -0.3 is 15.4 Å². The molecule has 0 aliphatic carbocycles. The van der Waals surface area contributed by atoms with E-state index in [0.717, 1.165) is 18.7 Å². The molecule has 2 aromatic rings. The van der Waals surface area contributed by atoms with Crippen molar-refractivity contribution in [1.82, 2.24) is 10.3 Å². The molecule has 24 heavy (non-hydrogen) atoms. The van der Waals surface area contributed by atoms with Gasteiger partial charge in [0, 0.05) is 24.8 Å². The number of hydrogen-bond acceptors (Lipinski definition) is 4. The van der Waals surface area contributed by atoms with Crippen LogP contribution in [0.15, 0.2) is 42.6 Å². The van der Waals surface area contributed by atoms with Crippen LogP contribution in [-0.2, 0) is 6.42 Å². The van der Waals surface area contributed by atoms with Crippen LogP contribution in [0.25, 0.3) is 0 Å². The van der Waals surface area contributed by atoms with Crippen molar-refractivity contribution in [3.8, 4) is 5.75 Å². The lowest BCUT2D eigenvalue weighted by Gasteiger charge is -2.10. The second-order valence-corrected chi connectivity index (χ2v) is 6.06. The summed E-state index contributed by atoms with van der Waals surface area (Å²) in [6, 6.07) is 11.5. The van der Waals surface area contributed by atoms with E-state index in [9.17, 15) is 4.79 Å². The molecule has 5 nitrogen and oxygen atoms in total. The normalized spacial score (nSPS) is 10.5. The zero-order valence-electron chi connectivity index (χ0n) is 14.5. The number of nitrogens with zero attached hydrogens (tertiary/aromatic N) is 1. The lowest BCUT2D eigenvalue weighted by Crippen LogP contribution is -2.27. The highest BCUT2D eigenvalue weighted by atomic mass is 16.5. The quantitative estimate of drug-likeness (QED) is 0.782. The summed E-state index contributed by atoms with van der Waals surface area (Å²) in [6.07, 6.45) is 2.52. The molecule has 0 bridgehead atoms. The summed E-state index contributed by atoms with van der Waals surface area (Å²) in [5.41, 5.74) is 1.84. The fourth-order valence-electron chi connectivity index (χ4n) is 2.19. The highest BCUT2D eigenvalue weighted by Crippen LogP contribution is 2.12. The third-order valence-electron chi connectivity index (χ3n) is 3.57. The predicted octanol–water partition coefficient (Wildman–Crippen LogP) is 3.13. The number of carbonyl (C=O) groups excluding carboxylic acids is 1. The Kier molecular flexibility index (Phi) is 6.61. The van der Waals surface area contributed by atoms with Gasteiger partial charge in [0.1, 0.15) is 11.6 Å². The van der Waals surface area contributed by atoms with Crippen LogP contribution in [0.5, 0.6) is 5.75 Å². The van der Waals surface area contributed by atoms with Crippen molar-refractivity contribution in [2.24, 2.45) is 5.92 Å². The van der Waals surface area contributed by atoms with Crippen molar-refractivity contribution >= 4 is 11.7 Å². The summed E-state index contributed by atoms with van der Waals surface area (Å²) in [5.74, 6) is 1.93. The minimum atomic E-state index is -0.0655. The van der Waals surface area contributed by atoms with Gasteiger partial charge in [0.05, 0.1) is 7.11 Å². The third-order valence-corrected chi connectivity index (χ3v) is 3.57. The van der Waals surface area contributed by atoms with Gasteiger partial charge in [0.15, 0.2) is 0 Å². The van der Waals surface area contributed by atoms with E-state index in [1.54, 1.807) is 25.4 Å². The van der Waals surface area contributed by atoms with Gasteiger partial charge in [-0.3, -0.25) is 4.79 Å². The second kappa shape index (κ2) is 8.91. The van der Waals surface area contributed by atoms with Gasteiger partial charge in [-0.25, -0.2) is 4.98 Å². The third kappa shape index (κ3) is 5.57. The molecule has 1 aromatic heterocycles. The maximum absolute atomic E-state index is 12.1. The summed E-state index contributed by atoms with van der Waals surface area (Å²) in [7, 11) is 1.66. The van der Waals surface area contributed by atoms with E-state index < -0.39 is 0 Å². The molecule has 0 unspecified atom stereocenters. The maximum Gasteiger partial charge on any atom is 0.251 e. The van der Waals surface area contributed by atoms with E-state index in [2.05, 4.69) is 29.5 Å². The molecule has 0 radical (unpaired) electrons. The van der Waals surface area contributed by atoms with Crippen LogP contribution in [0.2, 0.25) is 0 Å². The van der Waals surface area contributed by atoms with Gasteiger partial charge >= 0.3 is 0 Å². The molecule has 0 fully saturated rings. The maximum atomic E-state index is 12.1. The van der Waals surface area contributed by atoms with Crippen molar-refractivity contribution in [3.05, 3.63) is 53.7 Å². The zero-order valence-corrected chi connectivity index (χ0v) is 14.5. The molecular formula is C19H25N3O2. The monoisotopic (exact) mass is 327 g/mol. The molecule has 5 heteroatoms. The predicted molar refractivity (Wildman–Crippen MR) is 96.6 cm³/mol. The van der Waals surface area contributed by atoms with Gasteiger partial charge in [-0.05, 0) is 42.2 Å². The number of carbonyl (C=O) groups is 1. The lowest BCUT2D eigenvalue weighted by atomic mass is 10.1. The second-order valence-electron chi connectivity index (χ2n) is 6.06. The molecule has 1 heterocycles. The van der Waals surface area contributed by atoms with Crippen molar-refractivity contribution in [3.63, 3.8) is 0 Å². The Morgan fingerprint density at radius 3 is 2.62 bits per heavy atom. The first-order valence-corrected chi connectivity index (χ1v) is 8.19. The van der Waals surface area contributed by atoms with E-state index in [1.165, 1.54) is 5.56 Å². The Hall–Kier alpha value is -2.56. The number of nitrogens with one attached hydrogen (secondary N) is 2. The number of pyridine rings is 1. The van der Waals surface area contributed by atoms with Crippen LogP contribution in [0.4, 0.5) is 5.82 Å². The van der Waals surface area contributed by atoms with Crippen LogP contribution in [0.3, 0.4) is 0 Å². The number of rotatable bonds is 8. The highest BCUT2D eigenvalue weighted by Gasteiger charge is 2.07. The van der Waals surface area contributed by atoms with Crippen molar-refractivity contribution in [1.29, 1.82) is 0 Å². The van der Waals surface area contributed by atoms with Crippen LogP contribution < -0.4 is 15.4 Å². The molecule has 0 spiro atoms. The van der Waals surface area contributed by atoms with Crippen LogP contribution in [0.1, 0.15) is 29.8 Å². The first-order valence-electron chi connectivity index (χ1n) is 8.19. The van der Waals surface area contributed by atoms with Crippen molar-refractivity contribution in [2.75, 3.05) is 25.5 Å². The van der Waals surface area contributed by atoms with Crippen LogP contribution in [-0.4, -0.2) is 31.1 Å². The fourth-order valence-corrected chi connectivity index (χ4v) is 2.19. The van der Waals surface area contributed by atoms with E-state index in [4.69, 9.17) is 4.74 Å². The number of benzene rings is 1. The Bertz CT molecular complexity index is 654. The molecule has 0 saturated heterocycles. The molecular weight excluding hydrogens is 302 g/mol. The molecule has 0 atom stereocenters. The van der Waals surface area contributed by atoms with E-state index in [1.807, 2.05) is 24.3 Å². The van der Waals surface area contributed by atoms with E-state index in [0.29, 0.717) is 23.8 Å². The van der Waals surface area contributed by atoms with Gasteiger partial charge in [0.25, 0.3) is 5.91 Å². The molecule has 128 valence electrons. The number of methoxy groups -OCH3 is 1. The minimum Gasteiger partial charge on any atom is -0.497 e. The highest BCUT2D eigenvalue weighted by molar-refractivity contribution is 5.94. The topological polar surface area (TPSA) is 63.2 Å². The Morgan fingerprint density at radius 2 is 1.96 bits per heavy atom. The summed E-state index contributed by atoms with van der Waals surface area (Å²) in [6.45, 7) is 5.55. The fraction of sp³-hybridized carbons (Fsp3) is 0.368. The first-order chi connectivity index (χ1) is 11.6. The molecule has 1 aromatic carbocycles. The van der Waals surface area contributed by atoms with Crippen molar-refractivity contribution < 1.29 is 9.53 Å². The number of ether oxygens (including phenoxy) is 1. The smallest absolute Gasteiger partial charge is 0.251 e. The number of anilines is 1. The molecule has 2 N–H and O–H groups in total. The lowest BCUT2D eigenvalue weighted by molar-refractivity contribution is 0.0949. The summed E-state index contributed by atoms with van der Waals surface area (Å²) in [4.78, 5) is 16.3. The van der Waals surface area contributed by atoms with E-state index in [-0.39, 0.29) is 5.91 Å². The summed E-state index contributed by atoms with van der Waals surface area (Å²) >= 11 is 0. The summed E-state index contributed by atoms with van der Waals surface area (Å²) in [5, 5.41) is 6.17. The molecule has 0 saturated carbocycles. The number of hydrogen-bond donors (Lipinski definition) is 2. The average Bonchev–Trinajstić information content (AvgIpc) is 2.60. The Morgan fingerprint density at radius 1 is 1.21 bits per heavy atom. The van der Waals surface area contributed by atoms with Gasteiger partial charge in [-0.1, -0.05) is 26.0 Å². The Balaban J connectivity index is 1.86. The zero-order chi connectivity index (χ0) is 17.4.